The largest absolute Gasteiger partial charge is 0.450 e. The first-order chi connectivity index (χ1) is 8.63. The molecule has 2 rings (SSSR count). The van der Waals surface area contributed by atoms with Gasteiger partial charge in [0.25, 0.3) is 0 Å². The Balaban J connectivity index is 1.87. The molecule has 0 saturated carbocycles. The minimum absolute atomic E-state index is 0.268. The van der Waals surface area contributed by atoms with Gasteiger partial charge < -0.3 is 14.7 Å². The number of carbonyl (C=O) groups excluding carboxylic acids is 1. The van der Waals surface area contributed by atoms with E-state index < -0.39 is 5.60 Å². The summed E-state index contributed by atoms with van der Waals surface area (Å²) in [5.74, 6) is 0. The van der Waals surface area contributed by atoms with E-state index in [2.05, 4.69) is 5.38 Å². The number of hydrogen-bond donors (Lipinski definition) is 1. The smallest absolute Gasteiger partial charge is 0.409 e. The second kappa shape index (κ2) is 5.71. The van der Waals surface area contributed by atoms with Gasteiger partial charge in [-0.3, -0.25) is 0 Å². The van der Waals surface area contributed by atoms with Crippen LogP contribution in [0.5, 0.6) is 0 Å². The van der Waals surface area contributed by atoms with Crippen LogP contribution in [0.15, 0.2) is 16.8 Å². The van der Waals surface area contributed by atoms with Crippen molar-refractivity contribution in [2.24, 2.45) is 0 Å². The van der Waals surface area contributed by atoms with Crippen LogP contribution in [0.25, 0.3) is 0 Å². The molecule has 5 heteroatoms. The van der Waals surface area contributed by atoms with E-state index in [1.807, 2.05) is 11.4 Å². The molecule has 1 amide bonds. The molecular formula is C13H19NO3S. The van der Waals surface area contributed by atoms with Crippen molar-refractivity contribution in [2.75, 3.05) is 19.7 Å². The number of likely N-dealkylation sites (tertiary alicyclic amines) is 1. The van der Waals surface area contributed by atoms with Crippen LogP contribution in [0.1, 0.15) is 25.3 Å². The third kappa shape index (κ3) is 3.23. The van der Waals surface area contributed by atoms with Crippen molar-refractivity contribution >= 4 is 17.4 Å². The molecule has 1 N–H and O–H groups in total. The maximum absolute atomic E-state index is 11.5. The molecule has 0 aromatic carbocycles. The van der Waals surface area contributed by atoms with Gasteiger partial charge in [-0.05, 0) is 42.2 Å². The third-order valence-electron chi connectivity index (χ3n) is 3.33. The van der Waals surface area contributed by atoms with Crippen molar-refractivity contribution in [1.82, 2.24) is 4.90 Å². The zero-order valence-electron chi connectivity index (χ0n) is 10.6. The number of carbonyl (C=O) groups is 1. The topological polar surface area (TPSA) is 49.8 Å². The van der Waals surface area contributed by atoms with Crippen molar-refractivity contribution in [3.8, 4) is 0 Å². The zero-order chi connectivity index (χ0) is 13.0. The number of aliphatic hydroxyl groups is 1. The van der Waals surface area contributed by atoms with Gasteiger partial charge in [0.2, 0.25) is 0 Å². The fourth-order valence-electron chi connectivity index (χ4n) is 2.27. The highest BCUT2D eigenvalue weighted by molar-refractivity contribution is 7.07. The molecule has 1 aromatic rings. The summed E-state index contributed by atoms with van der Waals surface area (Å²) in [6.45, 7) is 3.34. The Hall–Kier alpha value is -1.07. The first-order valence-corrected chi connectivity index (χ1v) is 7.22. The number of piperidine rings is 1. The van der Waals surface area contributed by atoms with Gasteiger partial charge in [0.1, 0.15) is 0 Å². The zero-order valence-corrected chi connectivity index (χ0v) is 11.4. The standard InChI is InChI=1S/C13H19NO3S/c1-2-17-12(15)14-6-4-13(16,5-7-14)9-11-3-8-18-10-11/h3,8,10,16H,2,4-7,9H2,1H3. The molecule has 4 nitrogen and oxygen atoms in total. The monoisotopic (exact) mass is 269 g/mol. The lowest BCUT2D eigenvalue weighted by Crippen LogP contribution is -2.47. The first kappa shape index (κ1) is 13.4. The van der Waals surface area contributed by atoms with Crippen LogP contribution < -0.4 is 0 Å². The Kier molecular flexibility index (Phi) is 4.24. The van der Waals surface area contributed by atoms with E-state index in [0.717, 1.165) is 0 Å². The van der Waals surface area contributed by atoms with Gasteiger partial charge in [-0.1, -0.05) is 0 Å². The van der Waals surface area contributed by atoms with Crippen LogP contribution in [-0.4, -0.2) is 41.4 Å². The van der Waals surface area contributed by atoms with Gasteiger partial charge >= 0.3 is 6.09 Å². The molecule has 0 aliphatic carbocycles. The summed E-state index contributed by atoms with van der Waals surface area (Å²) in [4.78, 5) is 13.2. The number of rotatable bonds is 3. The number of thiophene rings is 1. The van der Waals surface area contributed by atoms with Crippen LogP contribution in [0.2, 0.25) is 0 Å². The molecule has 1 saturated heterocycles. The lowest BCUT2D eigenvalue weighted by atomic mass is 9.86. The molecule has 0 unspecified atom stereocenters. The molecule has 1 aliphatic heterocycles. The molecule has 0 radical (unpaired) electrons. The summed E-state index contributed by atoms with van der Waals surface area (Å²) in [5.41, 5.74) is 0.497. The predicted molar refractivity (Wildman–Crippen MR) is 70.8 cm³/mol. The average molecular weight is 269 g/mol. The Bertz CT molecular complexity index is 383. The molecule has 0 bridgehead atoms. The average Bonchev–Trinajstić information content (AvgIpc) is 2.82. The Morgan fingerprint density at radius 1 is 1.56 bits per heavy atom. The summed E-state index contributed by atoms with van der Waals surface area (Å²) < 4.78 is 4.96. The number of nitrogens with zero attached hydrogens (tertiary/aromatic N) is 1. The molecule has 0 atom stereocenters. The van der Waals surface area contributed by atoms with Crippen LogP contribution in [-0.2, 0) is 11.2 Å². The summed E-state index contributed by atoms with van der Waals surface area (Å²) in [5, 5.41) is 14.6. The third-order valence-corrected chi connectivity index (χ3v) is 4.07. The Morgan fingerprint density at radius 3 is 2.83 bits per heavy atom. The summed E-state index contributed by atoms with van der Waals surface area (Å²) in [7, 11) is 0. The second-order valence-electron chi connectivity index (χ2n) is 4.72. The van der Waals surface area contributed by atoms with Gasteiger partial charge in [0.05, 0.1) is 12.2 Å². The minimum atomic E-state index is -0.677. The molecule has 1 aliphatic rings. The molecule has 100 valence electrons. The summed E-state index contributed by atoms with van der Waals surface area (Å²) >= 11 is 1.64. The van der Waals surface area contributed by atoms with E-state index in [4.69, 9.17) is 4.74 Å². The fourth-order valence-corrected chi connectivity index (χ4v) is 2.94. The molecule has 1 fully saturated rings. The normalized spacial score (nSPS) is 18.7. The quantitative estimate of drug-likeness (QED) is 0.916. The molecule has 0 spiro atoms. The van der Waals surface area contributed by atoms with Crippen molar-refractivity contribution in [3.63, 3.8) is 0 Å². The van der Waals surface area contributed by atoms with Gasteiger partial charge in [0.15, 0.2) is 0 Å². The maximum atomic E-state index is 11.5. The summed E-state index contributed by atoms with van der Waals surface area (Å²) in [6, 6.07) is 2.04. The number of amides is 1. The van der Waals surface area contributed by atoms with Crippen molar-refractivity contribution in [3.05, 3.63) is 22.4 Å². The van der Waals surface area contributed by atoms with Crippen molar-refractivity contribution in [2.45, 2.75) is 31.8 Å². The first-order valence-electron chi connectivity index (χ1n) is 6.28. The van der Waals surface area contributed by atoms with Gasteiger partial charge in [-0.2, -0.15) is 11.3 Å². The van der Waals surface area contributed by atoms with Gasteiger partial charge in [-0.15, -0.1) is 0 Å². The second-order valence-corrected chi connectivity index (χ2v) is 5.50. The fraction of sp³-hybridized carbons (Fsp3) is 0.615. The van der Waals surface area contributed by atoms with E-state index in [-0.39, 0.29) is 6.09 Å². The van der Waals surface area contributed by atoms with Crippen LogP contribution in [0, 0.1) is 0 Å². The van der Waals surface area contributed by atoms with Crippen LogP contribution in [0.3, 0.4) is 0 Å². The number of hydrogen-bond acceptors (Lipinski definition) is 4. The molecular weight excluding hydrogens is 250 g/mol. The maximum Gasteiger partial charge on any atom is 0.409 e. The van der Waals surface area contributed by atoms with Crippen molar-refractivity contribution in [1.29, 1.82) is 0 Å². The van der Waals surface area contributed by atoms with Gasteiger partial charge in [0, 0.05) is 19.5 Å². The highest BCUT2D eigenvalue weighted by Gasteiger charge is 2.34. The molecule has 2 heterocycles. The lowest BCUT2D eigenvalue weighted by molar-refractivity contribution is -0.0193. The van der Waals surface area contributed by atoms with E-state index in [1.54, 1.807) is 23.2 Å². The van der Waals surface area contributed by atoms with E-state index in [9.17, 15) is 9.90 Å². The van der Waals surface area contributed by atoms with Crippen LogP contribution >= 0.6 is 11.3 Å². The minimum Gasteiger partial charge on any atom is -0.450 e. The summed E-state index contributed by atoms with van der Waals surface area (Å²) in [6.07, 6.45) is 1.63. The Morgan fingerprint density at radius 2 is 2.28 bits per heavy atom. The SMILES string of the molecule is CCOC(=O)N1CCC(O)(Cc2ccsc2)CC1. The number of ether oxygens (including phenoxy) is 1. The Labute approximate surface area is 111 Å². The van der Waals surface area contributed by atoms with Crippen LogP contribution in [0.4, 0.5) is 4.79 Å². The van der Waals surface area contributed by atoms with Gasteiger partial charge in [-0.25, -0.2) is 4.79 Å². The van der Waals surface area contributed by atoms with Crippen molar-refractivity contribution < 1.29 is 14.6 Å². The highest BCUT2D eigenvalue weighted by Crippen LogP contribution is 2.27. The van der Waals surface area contributed by atoms with E-state index >= 15 is 0 Å². The highest BCUT2D eigenvalue weighted by atomic mass is 32.1. The van der Waals surface area contributed by atoms with E-state index in [1.165, 1.54) is 5.56 Å². The predicted octanol–water partition coefficient (Wildman–Crippen LogP) is 2.27. The lowest BCUT2D eigenvalue weighted by Gasteiger charge is -2.37. The molecule has 1 aromatic heterocycles. The van der Waals surface area contributed by atoms with E-state index in [0.29, 0.717) is 39.0 Å². The molecule has 18 heavy (non-hydrogen) atoms.